The van der Waals surface area contributed by atoms with Crippen LogP contribution in [0.3, 0.4) is 0 Å². The van der Waals surface area contributed by atoms with E-state index in [0.29, 0.717) is 18.8 Å². The van der Waals surface area contributed by atoms with Crippen molar-refractivity contribution in [1.82, 2.24) is 4.31 Å². The van der Waals surface area contributed by atoms with Crippen LogP contribution in [0.2, 0.25) is 0 Å². The Balaban J connectivity index is 1.57. The molecule has 1 fully saturated rings. The topological polar surface area (TPSA) is 75.7 Å². The third-order valence-electron chi connectivity index (χ3n) is 4.67. The number of hydrogen-bond acceptors (Lipinski definition) is 5. The molecule has 1 saturated heterocycles. The van der Waals surface area contributed by atoms with Gasteiger partial charge in [0, 0.05) is 25.2 Å². The summed E-state index contributed by atoms with van der Waals surface area (Å²) in [6.07, 6.45) is 2.65. The second-order valence-electron chi connectivity index (χ2n) is 6.63. The highest BCUT2D eigenvalue weighted by Gasteiger charge is 2.32. The number of fused-ring (bicyclic) bond motifs is 1. The number of ether oxygens (including phenoxy) is 1. The molecule has 2 aliphatic heterocycles. The SMILES string of the molecule is CC1Cc2cc(NC(=O)c3sccc3S(=O)(=O)N3CCCC3)ccc2O1. The van der Waals surface area contributed by atoms with E-state index >= 15 is 0 Å². The smallest absolute Gasteiger partial charge is 0.267 e. The van der Waals surface area contributed by atoms with Crippen LogP contribution in [0.25, 0.3) is 0 Å². The van der Waals surface area contributed by atoms with E-state index in [1.165, 1.54) is 10.4 Å². The van der Waals surface area contributed by atoms with Crippen LogP contribution in [0.5, 0.6) is 5.75 Å². The minimum absolute atomic E-state index is 0.0972. The Morgan fingerprint density at radius 3 is 2.81 bits per heavy atom. The Bertz CT molecular complexity index is 946. The number of nitrogens with zero attached hydrogens (tertiary/aromatic N) is 1. The van der Waals surface area contributed by atoms with E-state index in [1.54, 1.807) is 11.4 Å². The number of carbonyl (C=O) groups excluding carboxylic acids is 1. The highest BCUT2D eigenvalue weighted by molar-refractivity contribution is 7.89. The first kappa shape index (κ1) is 17.5. The van der Waals surface area contributed by atoms with Gasteiger partial charge < -0.3 is 10.1 Å². The molecule has 0 saturated carbocycles. The number of amides is 1. The molecular weight excluding hydrogens is 372 g/mol. The average molecular weight is 393 g/mol. The van der Waals surface area contributed by atoms with Gasteiger partial charge in [-0.3, -0.25) is 4.79 Å². The van der Waals surface area contributed by atoms with Gasteiger partial charge in [0.05, 0.1) is 0 Å². The fourth-order valence-corrected chi connectivity index (χ4v) is 6.23. The normalized spacial score (nSPS) is 20.0. The Labute approximate surface area is 156 Å². The molecule has 0 aliphatic carbocycles. The number of rotatable bonds is 4. The molecule has 1 aromatic carbocycles. The highest BCUT2D eigenvalue weighted by Crippen LogP contribution is 2.32. The number of benzene rings is 1. The maximum absolute atomic E-state index is 12.8. The molecule has 1 N–H and O–H groups in total. The van der Waals surface area contributed by atoms with Gasteiger partial charge in [0.25, 0.3) is 5.91 Å². The van der Waals surface area contributed by atoms with Gasteiger partial charge in [-0.1, -0.05) is 0 Å². The molecule has 2 aliphatic rings. The lowest BCUT2D eigenvalue weighted by atomic mass is 10.1. The Morgan fingerprint density at radius 1 is 1.27 bits per heavy atom. The summed E-state index contributed by atoms with van der Waals surface area (Å²) in [6.45, 7) is 3.03. The molecule has 138 valence electrons. The number of carbonyl (C=O) groups is 1. The van der Waals surface area contributed by atoms with Crippen molar-refractivity contribution < 1.29 is 17.9 Å². The summed E-state index contributed by atoms with van der Waals surface area (Å²) in [5, 5.41) is 4.47. The maximum Gasteiger partial charge on any atom is 0.267 e. The zero-order valence-corrected chi connectivity index (χ0v) is 16.0. The van der Waals surface area contributed by atoms with E-state index in [2.05, 4.69) is 5.32 Å². The monoisotopic (exact) mass is 392 g/mol. The van der Waals surface area contributed by atoms with Crippen molar-refractivity contribution >= 4 is 33.0 Å². The van der Waals surface area contributed by atoms with Gasteiger partial charge in [0.15, 0.2) is 0 Å². The van der Waals surface area contributed by atoms with Crippen LogP contribution in [0, 0.1) is 0 Å². The molecule has 26 heavy (non-hydrogen) atoms. The van der Waals surface area contributed by atoms with Crippen LogP contribution in [0.1, 0.15) is 35.0 Å². The van der Waals surface area contributed by atoms with Crippen molar-refractivity contribution in [3.63, 3.8) is 0 Å². The molecule has 0 spiro atoms. The molecule has 3 heterocycles. The van der Waals surface area contributed by atoms with E-state index in [9.17, 15) is 13.2 Å². The maximum atomic E-state index is 12.8. The van der Waals surface area contributed by atoms with Crippen molar-refractivity contribution in [2.75, 3.05) is 18.4 Å². The van der Waals surface area contributed by atoms with E-state index in [0.717, 1.165) is 41.9 Å². The van der Waals surface area contributed by atoms with Crippen LogP contribution in [0.4, 0.5) is 5.69 Å². The predicted octanol–water partition coefficient (Wildman–Crippen LogP) is 3.11. The zero-order chi connectivity index (χ0) is 18.3. The lowest BCUT2D eigenvalue weighted by molar-refractivity contribution is 0.102. The fraction of sp³-hybridized carbons (Fsp3) is 0.389. The van der Waals surface area contributed by atoms with Crippen LogP contribution in [-0.4, -0.2) is 37.8 Å². The number of hydrogen-bond donors (Lipinski definition) is 1. The summed E-state index contributed by atoms with van der Waals surface area (Å²) >= 11 is 1.15. The van der Waals surface area contributed by atoms with Crippen LogP contribution < -0.4 is 10.1 Å². The quantitative estimate of drug-likeness (QED) is 0.867. The Kier molecular flexibility index (Phi) is 4.50. The summed E-state index contributed by atoms with van der Waals surface area (Å²) in [7, 11) is -3.62. The number of sulfonamides is 1. The highest BCUT2D eigenvalue weighted by atomic mass is 32.2. The molecule has 4 rings (SSSR count). The largest absolute Gasteiger partial charge is 0.490 e. The van der Waals surface area contributed by atoms with E-state index in [4.69, 9.17) is 4.74 Å². The van der Waals surface area contributed by atoms with Crippen molar-refractivity contribution in [2.45, 2.75) is 37.2 Å². The fourth-order valence-electron chi connectivity index (χ4n) is 3.42. The minimum atomic E-state index is -3.62. The van der Waals surface area contributed by atoms with Crippen molar-refractivity contribution in [2.24, 2.45) is 0 Å². The van der Waals surface area contributed by atoms with Gasteiger partial charge in [-0.2, -0.15) is 4.31 Å². The van der Waals surface area contributed by atoms with Crippen molar-refractivity contribution in [3.05, 3.63) is 40.1 Å². The van der Waals surface area contributed by atoms with E-state index in [1.807, 2.05) is 19.1 Å². The van der Waals surface area contributed by atoms with Crippen LogP contribution >= 0.6 is 11.3 Å². The minimum Gasteiger partial charge on any atom is -0.490 e. The first-order chi connectivity index (χ1) is 12.4. The summed E-state index contributed by atoms with van der Waals surface area (Å²) in [6, 6.07) is 7.02. The standard InChI is InChI=1S/C18H20N2O4S2/c1-12-10-13-11-14(4-5-15(13)24-12)19-18(21)17-16(6-9-25-17)26(22,23)20-7-2-3-8-20/h4-6,9,11-12H,2-3,7-8,10H2,1H3,(H,19,21). The van der Waals surface area contributed by atoms with Crippen LogP contribution in [0.15, 0.2) is 34.5 Å². The number of nitrogens with one attached hydrogen (secondary N) is 1. The second-order valence-corrected chi connectivity index (χ2v) is 9.46. The Morgan fingerprint density at radius 2 is 2.04 bits per heavy atom. The molecule has 8 heteroatoms. The van der Waals surface area contributed by atoms with Gasteiger partial charge in [0.2, 0.25) is 10.0 Å². The lowest BCUT2D eigenvalue weighted by Crippen LogP contribution is -2.29. The summed E-state index contributed by atoms with van der Waals surface area (Å²) < 4.78 is 32.7. The van der Waals surface area contributed by atoms with Gasteiger partial charge in [-0.05, 0) is 55.0 Å². The summed E-state index contributed by atoms with van der Waals surface area (Å²) in [5.41, 5.74) is 1.69. The first-order valence-electron chi connectivity index (χ1n) is 8.64. The number of anilines is 1. The van der Waals surface area contributed by atoms with E-state index in [-0.39, 0.29) is 15.9 Å². The molecule has 1 aromatic heterocycles. The first-order valence-corrected chi connectivity index (χ1v) is 11.0. The van der Waals surface area contributed by atoms with Gasteiger partial charge in [0.1, 0.15) is 21.6 Å². The summed E-state index contributed by atoms with van der Waals surface area (Å²) in [4.78, 5) is 13.0. The molecule has 1 atom stereocenters. The van der Waals surface area contributed by atoms with E-state index < -0.39 is 15.9 Å². The van der Waals surface area contributed by atoms with Gasteiger partial charge >= 0.3 is 0 Å². The number of thiophene rings is 1. The zero-order valence-electron chi connectivity index (χ0n) is 14.4. The molecule has 0 bridgehead atoms. The van der Waals surface area contributed by atoms with Crippen molar-refractivity contribution in [1.29, 1.82) is 0 Å². The average Bonchev–Trinajstić information content (AvgIpc) is 3.34. The third-order valence-corrected chi connectivity index (χ3v) is 7.66. The van der Waals surface area contributed by atoms with Gasteiger partial charge in [-0.25, -0.2) is 8.42 Å². The van der Waals surface area contributed by atoms with Gasteiger partial charge in [-0.15, -0.1) is 11.3 Å². The molecule has 0 radical (unpaired) electrons. The predicted molar refractivity (Wildman–Crippen MR) is 101 cm³/mol. The third kappa shape index (κ3) is 3.13. The van der Waals surface area contributed by atoms with Crippen LogP contribution in [-0.2, 0) is 16.4 Å². The van der Waals surface area contributed by atoms with Crippen molar-refractivity contribution in [3.8, 4) is 5.75 Å². The molecule has 6 nitrogen and oxygen atoms in total. The molecule has 2 aromatic rings. The molecular formula is C18H20N2O4S2. The summed E-state index contributed by atoms with van der Waals surface area (Å²) in [5.74, 6) is 0.439. The molecule has 1 amide bonds. The Hall–Kier alpha value is -1.90. The molecule has 1 unspecified atom stereocenters. The second kappa shape index (κ2) is 6.68. The lowest BCUT2D eigenvalue weighted by Gasteiger charge is -2.15.